The minimum atomic E-state index is -3.28. The molecule has 31 heavy (non-hydrogen) atoms. The lowest BCUT2D eigenvalue weighted by molar-refractivity contribution is 0.215. The summed E-state index contributed by atoms with van der Waals surface area (Å²) in [5.41, 5.74) is 0.0956. The van der Waals surface area contributed by atoms with Crippen LogP contribution < -0.4 is 13.3 Å². The average Bonchev–Trinajstić information content (AvgIpc) is 3.59. The SMILES string of the molecule is CC(C1CCC2OC2C1)[Si](Oc1ccccc1)(Oc1ccccc1)Oc1ccccc1. The molecule has 2 fully saturated rings. The molecule has 4 unspecified atom stereocenters. The molecule has 1 saturated carbocycles. The quantitative estimate of drug-likeness (QED) is 0.318. The molecule has 5 rings (SSSR count). The van der Waals surface area contributed by atoms with Crippen molar-refractivity contribution >= 4 is 8.80 Å². The number of ether oxygens (including phenoxy) is 1. The van der Waals surface area contributed by atoms with Crippen LogP contribution in [-0.4, -0.2) is 21.0 Å². The predicted molar refractivity (Wildman–Crippen MR) is 122 cm³/mol. The average molecular weight is 433 g/mol. The van der Waals surface area contributed by atoms with Crippen molar-refractivity contribution in [2.24, 2.45) is 5.92 Å². The highest BCUT2D eigenvalue weighted by atomic mass is 28.4. The van der Waals surface area contributed by atoms with E-state index < -0.39 is 8.80 Å². The zero-order chi connectivity index (χ0) is 21.1. The second-order valence-corrected chi connectivity index (χ2v) is 11.2. The van der Waals surface area contributed by atoms with Gasteiger partial charge in [0.25, 0.3) is 0 Å². The molecule has 0 aromatic heterocycles. The van der Waals surface area contributed by atoms with Gasteiger partial charge in [-0.15, -0.1) is 0 Å². The molecule has 1 heterocycles. The van der Waals surface area contributed by atoms with Crippen molar-refractivity contribution in [2.75, 3.05) is 0 Å². The lowest BCUT2D eigenvalue weighted by Gasteiger charge is -2.38. The standard InChI is InChI=1S/C26H28O4Si/c1-20(21-17-18-25-26(19-21)27-25)31(28-22-11-5-2-6-12-22,29-23-13-7-3-8-14-23)30-24-15-9-4-10-16-24/h2-16,20-21,25-26H,17-19H2,1H3. The lowest BCUT2D eigenvalue weighted by atomic mass is 9.87. The maximum atomic E-state index is 6.73. The zero-order valence-electron chi connectivity index (χ0n) is 17.7. The largest absolute Gasteiger partial charge is 0.702 e. The van der Waals surface area contributed by atoms with Crippen LogP contribution in [0.4, 0.5) is 0 Å². The van der Waals surface area contributed by atoms with Crippen LogP contribution >= 0.6 is 0 Å². The van der Waals surface area contributed by atoms with Crippen LogP contribution in [0, 0.1) is 5.92 Å². The third kappa shape index (κ3) is 4.63. The summed E-state index contributed by atoms with van der Waals surface area (Å²) in [4.78, 5) is 0. The maximum absolute atomic E-state index is 6.73. The third-order valence-electron chi connectivity index (χ3n) is 6.32. The normalized spacial score (nSPS) is 23.3. The van der Waals surface area contributed by atoms with E-state index in [-0.39, 0.29) is 5.54 Å². The molecule has 1 saturated heterocycles. The van der Waals surface area contributed by atoms with Crippen molar-refractivity contribution < 1.29 is 18.0 Å². The second kappa shape index (κ2) is 8.77. The third-order valence-corrected chi connectivity index (χ3v) is 9.47. The summed E-state index contributed by atoms with van der Waals surface area (Å²) in [6.45, 7) is 2.23. The Kier molecular flexibility index (Phi) is 5.70. The highest BCUT2D eigenvalue weighted by Gasteiger charge is 2.60. The Bertz CT molecular complexity index is 865. The molecule has 1 aliphatic heterocycles. The highest BCUT2D eigenvalue weighted by Crippen LogP contribution is 2.47. The van der Waals surface area contributed by atoms with Crippen molar-refractivity contribution in [3.63, 3.8) is 0 Å². The van der Waals surface area contributed by atoms with Crippen molar-refractivity contribution in [3.05, 3.63) is 91.0 Å². The minimum Gasteiger partial charge on any atom is -0.483 e. The smallest absolute Gasteiger partial charge is 0.483 e. The van der Waals surface area contributed by atoms with E-state index in [0.717, 1.165) is 36.5 Å². The van der Waals surface area contributed by atoms with E-state index >= 15 is 0 Å². The lowest BCUT2D eigenvalue weighted by Crippen LogP contribution is -2.59. The van der Waals surface area contributed by atoms with Gasteiger partial charge < -0.3 is 18.0 Å². The van der Waals surface area contributed by atoms with E-state index in [9.17, 15) is 0 Å². The number of rotatable bonds is 8. The summed E-state index contributed by atoms with van der Waals surface area (Å²) in [5.74, 6) is 2.73. The highest BCUT2D eigenvalue weighted by molar-refractivity contribution is 6.64. The number of hydrogen-bond acceptors (Lipinski definition) is 4. The summed E-state index contributed by atoms with van der Waals surface area (Å²) >= 11 is 0. The minimum absolute atomic E-state index is 0.0956. The van der Waals surface area contributed by atoms with Gasteiger partial charge in [-0.1, -0.05) is 61.5 Å². The molecule has 0 N–H and O–H groups in total. The van der Waals surface area contributed by atoms with Crippen LogP contribution in [0.3, 0.4) is 0 Å². The molecule has 5 heteroatoms. The molecule has 3 aromatic carbocycles. The van der Waals surface area contributed by atoms with Crippen LogP contribution in [0.15, 0.2) is 91.0 Å². The molecule has 160 valence electrons. The topological polar surface area (TPSA) is 40.2 Å². The van der Waals surface area contributed by atoms with Crippen LogP contribution in [0.2, 0.25) is 5.54 Å². The zero-order valence-corrected chi connectivity index (χ0v) is 18.7. The fourth-order valence-corrected chi connectivity index (χ4v) is 7.43. The van der Waals surface area contributed by atoms with Gasteiger partial charge in [-0.2, -0.15) is 0 Å². The molecule has 0 amide bonds. The Hall–Kier alpha value is -2.76. The van der Waals surface area contributed by atoms with E-state index in [1.54, 1.807) is 0 Å². The first kappa shape index (κ1) is 20.2. The summed E-state index contributed by atoms with van der Waals surface area (Å²) in [5, 5.41) is 0. The maximum Gasteiger partial charge on any atom is 0.702 e. The summed E-state index contributed by atoms with van der Waals surface area (Å²) in [6, 6.07) is 29.7. The fourth-order valence-electron chi connectivity index (χ4n) is 4.48. The Morgan fingerprint density at radius 3 is 1.55 bits per heavy atom. The molecule has 1 aliphatic carbocycles. The van der Waals surface area contributed by atoms with Gasteiger partial charge in [0, 0.05) is 0 Å². The van der Waals surface area contributed by atoms with Gasteiger partial charge in [-0.25, -0.2) is 0 Å². The molecular formula is C26H28O4Si. The summed E-state index contributed by atoms with van der Waals surface area (Å²) in [6.07, 6.45) is 4.09. The Balaban J connectivity index is 1.53. The molecular weight excluding hydrogens is 404 g/mol. The Morgan fingerprint density at radius 1 is 0.677 bits per heavy atom. The number of epoxide rings is 1. The second-order valence-electron chi connectivity index (χ2n) is 8.42. The number of fused-ring (bicyclic) bond motifs is 1. The molecule has 0 bridgehead atoms. The number of benzene rings is 3. The molecule has 2 aliphatic rings. The first-order valence-corrected chi connectivity index (χ1v) is 12.9. The molecule has 4 atom stereocenters. The summed E-state index contributed by atoms with van der Waals surface area (Å²) < 4.78 is 26.0. The van der Waals surface area contributed by atoms with Gasteiger partial charge in [-0.3, -0.25) is 0 Å². The van der Waals surface area contributed by atoms with Gasteiger partial charge in [0.2, 0.25) is 0 Å². The van der Waals surface area contributed by atoms with E-state index in [4.69, 9.17) is 18.0 Å². The van der Waals surface area contributed by atoms with Gasteiger partial charge in [0.1, 0.15) is 17.2 Å². The van der Waals surface area contributed by atoms with E-state index in [0.29, 0.717) is 18.1 Å². The number of hydrogen-bond donors (Lipinski definition) is 0. The van der Waals surface area contributed by atoms with Gasteiger partial charge in [-0.05, 0) is 61.6 Å². The van der Waals surface area contributed by atoms with Crippen molar-refractivity contribution in [3.8, 4) is 17.2 Å². The Morgan fingerprint density at radius 2 is 1.13 bits per heavy atom. The van der Waals surface area contributed by atoms with E-state index in [1.807, 2.05) is 91.0 Å². The van der Waals surface area contributed by atoms with Gasteiger partial charge in [0.05, 0.1) is 17.7 Å². The summed E-state index contributed by atoms with van der Waals surface area (Å²) in [7, 11) is -3.28. The van der Waals surface area contributed by atoms with Gasteiger partial charge in [0.15, 0.2) is 0 Å². The van der Waals surface area contributed by atoms with E-state index in [2.05, 4.69) is 6.92 Å². The van der Waals surface area contributed by atoms with Crippen molar-refractivity contribution in [1.29, 1.82) is 0 Å². The predicted octanol–water partition coefficient (Wildman–Crippen LogP) is 6.12. The molecule has 3 aromatic rings. The monoisotopic (exact) mass is 432 g/mol. The van der Waals surface area contributed by atoms with Crippen molar-refractivity contribution in [1.82, 2.24) is 0 Å². The Labute approximate surface area is 185 Å². The van der Waals surface area contributed by atoms with E-state index in [1.165, 1.54) is 0 Å². The van der Waals surface area contributed by atoms with Crippen LogP contribution in [-0.2, 0) is 4.74 Å². The van der Waals surface area contributed by atoms with Gasteiger partial charge >= 0.3 is 8.80 Å². The van der Waals surface area contributed by atoms with Crippen molar-refractivity contribution in [2.45, 2.75) is 43.9 Å². The molecule has 0 spiro atoms. The first-order valence-electron chi connectivity index (χ1n) is 11.1. The molecule has 4 nitrogen and oxygen atoms in total. The van der Waals surface area contributed by atoms with Crippen LogP contribution in [0.25, 0.3) is 0 Å². The first-order chi connectivity index (χ1) is 15.2. The van der Waals surface area contributed by atoms with Crippen LogP contribution in [0.1, 0.15) is 26.2 Å². The molecule has 0 radical (unpaired) electrons. The number of para-hydroxylation sites is 3. The van der Waals surface area contributed by atoms with Crippen LogP contribution in [0.5, 0.6) is 17.2 Å². The fraction of sp³-hybridized carbons (Fsp3) is 0.308.